The minimum Gasteiger partial charge on any atom is -0.198 e. The first-order valence-electron chi connectivity index (χ1n) is 10.9. The van der Waals surface area contributed by atoms with Gasteiger partial charge in [0.05, 0.1) is 16.1 Å². The first-order valence-corrected chi connectivity index (χ1v) is 13.0. The summed E-state index contributed by atoms with van der Waals surface area (Å²) in [5.74, 6) is 4.23. The molecule has 0 radical (unpaired) electrons. The molecule has 1 nitrogen and oxygen atoms in total. The number of thioether (sulfide) groups is 2. The lowest BCUT2D eigenvalue weighted by atomic mass is 9.68. The molecule has 1 aliphatic carbocycles. The molecule has 0 atom stereocenters. The van der Waals surface area contributed by atoms with Gasteiger partial charge in [0.25, 0.3) is 0 Å². The second-order valence-corrected chi connectivity index (χ2v) is 11.2. The van der Waals surface area contributed by atoms with Crippen LogP contribution in [-0.2, 0) is 0 Å². The van der Waals surface area contributed by atoms with Crippen molar-refractivity contribution in [3.63, 3.8) is 0 Å². The van der Waals surface area contributed by atoms with E-state index in [0.717, 1.165) is 31.6 Å². The van der Waals surface area contributed by atoms with E-state index in [1.165, 1.54) is 54.7 Å². The highest BCUT2D eigenvalue weighted by atomic mass is 32.2. The van der Waals surface area contributed by atoms with Crippen molar-refractivity contribution in [3.8, 4) is 6.07 Å². The van der Waals surface area contributed by atoms with Crippen molar-refractivity contribution in [3.05, 3.63) is 35.4 Å². The smallest absolute Gasteiger partial charge is 0.0751 e. The van der Waals surface area contributed by atoms with Crippen LogP contribution in [0.3, 0.4) is 0 Å². The lowest BCUT2D eigenvalue weighted by Crippen LogP contribution is -2.25. The molecule has 0 N–H and O–H groups in total. The maximum Gasteiger partial charge on any atom is 0.0751 e. The Hall–Kier alpha value is -0.590. The van der Waals surface area contributed by atoms with Crippen LogP contribution < -0.4 is 0 Å². The standard InChI is InChI=1S/C24H35NS2/c1-3-5-6-19-16-26-23(27-17-19)22-9-7-20(8-10-22)21-11-14-24(18-25,13-4-2)15-12-21/h7-10,19,21,23H,3-6,11-17H2,1-2H3. The van der Waals surface area contributed by atoms with E-state index in [4.69, 9.17) is 0 Å². The monoisotopic (exact) mass is 401 g/mol. The fourth-order valence-corrected chi connectivity index (χ4v) is 7.89. The third-order valence-corrected chi connectivity index (χ3v) is 9.82. The molecule has 1 heterocycles. The summed E-state index contributed by atoms with van der Waals surface area (Å²) in [6.07, 6.45) is 10.8. The largest absolute Gasteiger partial charge is 0.198 e. The molecule has 0 spiro atoms. The third kappa shape index (κ3) is 5.48. The van der Waals surface area contributed by atoms with Crippen LogP contribution in [0.5, 0.6) is 0 Å². The molecule has 1 aromatic rings. The van der Waals surface area contributed by atoms with Gasteiger partial charge in [0, 0.05) is 0 Å². The van der Waals surface area contributed by atoms with E-state index in [2.05, 4.69) is 67.7 Å². The van der Waals surface area contributed by atoms with Gasteiger partial charge in [-0.2, -0.15) is 5.26 Å². The summed E-state index contributed by atoms with van der Waals surface area (Å²) in [5.41, 5.74) is 2.96. The van der Waals surface area contributed by atoms with E-state index in [0.29, 0.717) is 10.5 Å². The van der Waals surface area contributed by atoms with Crippen LogP contribution in [-0.4, -0.2) is 11.5 Å². The van der Waals surface area contributed by atoms with Crippen LogP contribution in [0.2, 0.25) is 0 Å². The minimum atomic E-state index is -0.0329. The van der Waals surface area contributed by atoms with Crippen LogP contribution in [0.1, 0.15) is 93.3 Å². The Morgan fingerprint density at radius 1 is 1.00 bits per heavy atom. The van der Waals surface area contributed by atoms with Crippen molar-refractivity contribution in [2.75, 3.05) is 11.5 Å². The maximum absolute atomic E-state index is 9.62. The van der Waals surface area contributed by atoms with E-state index in [9.17, 15) is 5.26 Å². The highest BCUT2D eigenvalue weighted by Crippen LogP contribution is 2.48. The molecule has 2 aliphatic rings. The Morgan fingerprint density at radius 2 is 1.63 bits per heavy atom. The summed E-state index contributed by atoms with van der Waals surface area (Å²) in [5, 5.41) is 9.62. The Balaban J connectivity index is 1.52. The Morgan fingerprint density at radius 3 is 2.19 bits per heavy atom. The summed E-state index contributed by atoms with van der Waals surface area (Å²) in [4.78, 5) is 0. The second-order valence-electron chi connectivity index (χ2n) is 8.59. The summed E-state index contributed by atoms with van der Waals surface area (Å²) < 4.78 is 0.624. The normalized spacial score (nSPS) is 31.4. The molecule has 148 valence electrons. The van der Waals surface area contributed by atoms with E-state index >= 15 is 0 Å². The molecule has 1 aromatic carbocycles. The van der Waals surface area contributed by atoms with Gasteiger partial charge >= 0.3 is 0 Å². The van der Waals surface area contributed by atoms with Gasteiger partial charge in [0.2, 0.25) is 0 Å². The van der Waals surface area contributed by atoms with Gasteiger partial charge in [-0.3, -0.25) is 0 Å². The SMILES string of the molecule is CCCCC1CSC(c2ccc(C3CCC(C#N)(CCC)CC3)cc2)SC1. The van der Waals surface area contributed by atoms with Crippen LogP contribution in [0.4, 0.5) is 0 Å². The van der Waals surface area contributed by atoms with Gasteiger partial charge in [-0.15, -0.1) is 23.5 Å². The second kappa shape index (κ2) is 10.3. The van der Waals surface area contributed by atoms with Crippen molar-refractivity contribution in [1.82, 2.24) is 0 Å². The number of hydrogen-bond donors (Lipinski definition) is 0. The zero-order chi connectivity index (χ0) is 19.1. The molecule has 0 unspecified atom stereocenters. The van der Waals surface area contributed by atoms with Crippen molar-refractivity contribution in [1.29, 1.82) is 5.26 Å². The van der Waals surface area contributed by atoms with E-state index in [1.54, 1.807) is 0 Å². The fraction of sp³-hybridized carbons (Fsp3) is 0.708. The number of nitrogens with zero attached hydrogens (tertiary/aromatic N) is 1. The van der Waals surface area contributed by atoms with E-state index < -0.39 is 0 Å². The highest BCUT2D eigenvalue weighted by molar-refractivity contribution is 8.16. The molecule has 0 bridgehead atoms. The molecule has 1 saturated heterocycles. The molecule has 2 fully saturated rings. The van der Waals surface area contributed by atoms with Gasteiger partial charge < -0.3 is 0 Å². The van der Waals surface area contributed by atoms with E-state index in [1.807, 2.05) is 0 Å². The first-order chi connectivity index (χ1) is 13.2. The molecular formula is C24H35NS2. The van der Waals surface area contributed by atoms with Crippen molar-refractivity contribution >= 4 is 23.5 Å². The number of rotatable bonds is 7. The van der Waals surface area contributed by atoms with Crippen LogP contribution in [0.15, 0.2) is 24.3 Å². The summed E-state index contributed by atoms with van der Waals surface area (Å²) in [6, 6.07) is 12.2. The molecule has 1 saturated carbocycles. The van der Waals surface area contributed by atoms with Gasteiger partial charge in [0.15, 0.2) is 0 Å². The topological polar surface area (TPSA) is 23.8 Å². The lowest BCUT2D eigenvalue weighted by Gasteiger charge is -2.35. The average molecular weight is 402 g/mol. The summed E-state index contributed by atoms with van der Waals surface area (Å²) in [7, 11) is 0. The van der Waals surface area contributed by atoms with Gasteiger partial charge in [-0.05, 0) is 73.0 Å². The summed E-state index contributed by atoms with van der Waals surface area (Å²) in [6.45, 7) is 4.50. The van der Waals surface area contributed by atoms with Gasteiger partial charge in [-0.1, -0.05) is 57.4 Å². The molecule has 0 aromatic heterocycles. The van der Waals surface area contributed by atoms with Crippen molar-refractivity contribution in [2.24, 2.45) is 11.3 Å². The number of nitriles is 1. The Kier molecular flexibility index (Phi) is 8.03. The zero-order valence-electron chi connectivity index (χ0n) is 17.1. The van der Waals surface area contributed by atoms with Crippen molar-refractivity contribution < 1.29 is 0 Å². The number of benzene rings is 1. The Labute approximate surface area is 175 Å². The quantitative estimate of drug-likeness (QED) is 0.463. The molecule has 3 heteroatoms. The fourth-order valence-electron chi connectivity index (χ4n) is 4.72. The molecular weight excluding hydrogens is 366 g/mol. The number of unbranched alkanes of at least 4 members (excludes halogenated alkanes) is 1. The first kappa shape index (κ1) is 21.1. The maximum atomic E-state index is 9.62. The molecule has 3 rings (SSSR count). The van der Waals surface area contributed by atoms with Crippen LogP contribution in [0.25, 0.3) is 0 Å². The van der Waals surface area contributed by atoms with Crippen LogP contribution in [0, 0.1) is 22.7 Å². The molecule has 1 aliphatic heterocycles. The minimum absolute atomic E-state index is 0.0329. The molecule has 27 heavy (non-hydrogen) atoms. The third-order valence-electron chi connectivity index (χ3n) is 6.52. The molecule has 0 amide bonds. The lowest BCUT2D eigenvalue weighted by molar-refractivity contribution is 0.228. The van der Waals surface area contributed by atoms with Crippen LogP contribution >= 0.6 is 23.5 Å². The number of hydrogen-bond acceptors (Lipinski definition) is 3. The Bertz CT molecular complexity index is 602. The zero-order valence-corrected chi connectivity index (χ0v) is 18.7. The van der Waals surface area contributed by atoms with E-state index in [-0.39, 0.29) is 5.41 Å². The predicted octanol–water partition coefficient (Wildman–Crippen LogP) is 7.94. The average Bonchev–Trinajstić information content (AvgIpc) is 2.73. The van der Waals surface area contributed by atoms with Gasteiger partial charge in [0.1, 0.15) is 0 Å². The summed E-state index contributed by atoms with van der Waals surface area (Å²) >= 11 is 4.30. The van der Waals surface area contributed by atoms with Gasteiger partial charge in [-0.25, -0.2) is 0 Å². The predicted molar refractivity (Wildman–Crippen MR) is 121 cm³/mol. The van der Waals surface area contributed by atoms with Crippen molar-refractivity contribution in [2.45, 2.75) is 82.1 Å². The highest BCUT2D eigenvalue weighted by Gasteiger charge is 2.35.